The van der Waals surface area contributed by atoms with Gasteiger partial charge in [-0.2, -0.15) is 0 Å². The molecule has 0 radical (unpaired) electrons. The lowest BCUT2D eigenvalue weighted by molar-refractivity contribution is -0.136. The molecule has 6 nitrogen and oxygen atoms in total. The molecular weight excluding hydrogens is 332 g/mol. The SMILES string of the molecule is COC(C(=O)NNC(=O)COc1ccc(Cl)cc1)c1ccccc1. The molecule has 1 atom stereocenters. The van der Waals surface area contributed by atoms with Crippen LogP contribution in [0.15, 0.2) is 54.6 Å². The normalized spacial score (nSPS) is 11.4. The summed E-state index contributed by atoms with van der Waals surface area (Å²) in [6.07, 6.45) is -0.816. The highest BCUT2D eigenvalue weighted by Gasteiger charge is 2.20. The molecule has 0 saturated carbocycles. The van der Waals surface area contributed by atoms with E-state index in [-0.39, 0.29) is 6.61 Å². The molecule has 24 heavy (non-hydrogen) atoms. The molecule has 0 spiro atoms. The molecule has 0 saturated heterocycles. The number of hydrogen-bond donors (Lipinski definition) is 2. The van der Waals surface area contributed by atoms with Gasteiger partial charge in [-0.25, -0.2) is 0 Å². The fourth-order valence-electron chi connectivity index (χ4n) is 1.93. The summed E-state index contributed by atoms with van der Waals surface area (Å²) in [5.41, 5.74) is 5.28. The van der Waals surface area contributed by atoms with Crippen molar-refractivity contribution >= 4 is 23.4 Å². The lowest BCUT2D eigenvalue weighted by Crippen LogP contribution is -2.46. The predicted octanol–water partition coefficient (Wildman–Crippen LogP) is 2.25. The zero-order chi connectivity index (χ0) is 17.4. The summed E-state index contributed by atoms with van der Waals surface area (Å²) < 4.78 is 10.4. The summed E-state index contributed by atoms with van der Waals surface area (Å²) in [4.78, 5) is 23.8. The number of amides is 2. The van der Waals surface area contributed by atoms with Crippen molar-refractivity contribution in [2.45, 2.75) is 6.10 Å². The van der Waals surface area contributed by atoms with Gasteiger partial charge < -0.3 is 9.47 Å². The highest BCUT2D eigenvalue weighted by atomic mass is 35.5. The van der Waals surface area contributed by atoms with Gasteiger partial charge >= 0.3 is 0 Å². The largest absolute Gasteiger partial charge is 0.484 e. The second-order valence-corrected chi connectivity index (χ2v) is 5.24. The molecular formula is C17H17ClN2O4. The molecule has 2 amide bonds. The van der Waals surface area contributed by atoms with Crippen LogP contribution in [0.3, 0.4) is 0 Å². The molecule has 126 valence electrons. The Morgan fingerprint density at radius 3 is 2.33 bits per heavy atom. The summed E-state index contributed by atoms with van der Waals surface area (Å²) in [6, 6.07) is 15.6. The Morgan fingerprint density at radius 1 is 1.04 bits per heavy atom. The van der Waals surface area contributed by atoms with Gasteiger partial charge in [0.05, 0.1) is 0 Å². The molecule has 2 N–H and O–H groups in total. The van der Waals surface area contributed by atoms with Crippen LogP contribution in [0.1, 0.15) is 11.7 Å². The van der Waals surface area contributed by atoms with Crippen LogP contribution in [0.25, 0.3) is 0 Å². The van der Waals surface area contributed by atoms with Gasteiger partial charge in [0.1, 0.15) is 5.75 Å². The predicted molar refractivity (Wildman–Crippen MR) is 89.4 cm³/mol. The minimum atomic E-state index is -0.816. The number of benzene rings is 2. The van der Waals surface area contributed by atoms with E-state index in [9.17, 15) is 9.59 Å². The van der Waals surface area contributed by atoms with E-state index < -0.39 is 17.9 Å². The first-order valence-electron chi connectivity index (χ1n) is 7.15. The minimum Gasteiger partial charge on any atom is -0.484 e. The Morgan fingerprint density at radius 2 is 1.71 bits per heavy atom. The van der Waals surface area contributed by atoms with Crippen molar-refractivity contribution in [1.29, 1.82) is 0 Å². The van der Waals surface area contributed by atoms with Crippen molar-refractivity contribution < 1.29 is 19.1 Å². The lowest BCUT2D eigenvalue weighted by atomic mass is 10.1. The Labute approximate surface area is 144 Å². The quantitative estimate of drug-likeness (QED) is 0.785. The van der Waals surface area contributed by atoms with Gasteiger partial charge in [-0.1, -0.05) is 41.9 Å². The van der Waals surface area contributed by atoms with E-state index in [0.29, 0.717) is 16.3 Å². The Kier molecular flexibility index (Phi) is 6.60. The third-order valence-electron chi connectivity index (χ3n) is 3.08. The van der Waals surface area contributed by atoms with Gasteiger partial charge in [0.2, 0.25) is 0 Å². The second-order valence-electron chi connectivity index (χ2n) is 4.81. The number of halogens is 1. The highest BCUT2D eigenvalue weighted by molar-refractivity contribution is 6.30. The van der Waals surface area contributed by atoms with Gasteiger partial charge in [0.15, 0.2) is 12.7 Å². The standard InChI is InChI=1S/C17H17ClN2O4/c1-23-16(12-5-3-2-4-6-12)17(22)20-19-15(21)11-24-14-9-7-13(18)8-10-14/h2-10,16H,11H2,1H3,(H,19,21)(H,20,22). The average Bonchev–Trinajstić information content (AvgIpc) is 2.61. The average molecular weight is 349 g/mol. The molecule has 0 aliphatic carbocycles. The molecule has 0 aromatic heterocycles. The van der Waals surface area contributed by atoms with Gasteiger partial charge in [-0.15, -0.1) is 0 Å². The number of carbonyl (C=O) groups is 2. The van der Waals surface area contributed by atoms with Crippen molar-refractivity contribution in [2.75, 3.05) is 13.7 Å². The number of hydrazine groups is 1. The monoisotopic (exact) mass is 348 g/mol. The number of ether oxygens (including phenoxy) is 2. The number of rotatable bonds is 6. The fraction of sp³-hybridized carbons (Fsp3) is 0.176. The van der Waals surface area contributed by atoms with Crippen LogP contribution in [0.5, 0.6) is 5.75 Å². The number of methoxy groups -OCH3 is 1. The molecule has 0 bridgehead atoms. The molecule has 0 aliphatic rings. The summed E-state index contributed by atoms with van der Waals surface area (Å²) in [5, 5.41) is 0.575. The van der Waals surface area contributed by atoms with Crippen molar-refractivity contribution in [2.24, 2.45) is 0 Å². The number of carbonyl (C=O) groups excluding carboxylic acids is 2. The first-order chi connectivity index (χ1) is 11.6. The van der Waals surface area contributed by atoms with Crippen LogP contribution in [0.2, 0.25) is 5.02 Å². The van der Waals surface area contributed by atoms with E-state index in [2.05, 4.69) is 10.9 Å². The Bertz CT molecular complexity index is 677. The summed E-state index contributed by atoms with van der Waals surface area (Å²) in [7, 11) is 1.42. The second kappa shape index (κ2) is 8.90. The molecule has 2 rings (SSSR count). The topological polar surface area (TPSA) is 76.7 Å². The zero-order valence-electron chi connectivity index (χ0n) is 13.0. The van der Waals surface area contributed by atoms with E-state index in [0.717, 1.165) is 0 Å². The number of nitrogens with one attached hydrogen (secondary N) is 2. The fourth-order valence-corrected chi connectivity index (χ4v) is 2.06. The lowest BCUT2D eigenvalue weighted by Gasteiger charge is -2.16. The molecule has 0 heterocycles. The smallest absolute Gasteiger partial charge is 0.276 e. The third-order valence-corrected chi connectivity index (χ3v) is 3.34. The Balaban J connectivity index is 1.80. The van der Waals surface area contributed by atoms with Crippen LogP contribution >= 0.6 is 11.6 Å². The van der Waals surface area contributed by atoms with Gasteiger partial charge in [-0.3, -0.25) is 20.4 Å². The van der Waals surface area contributed by atoms with Crippen molar-refractivity contribution in [3.8, 4) is 5.75 Å². The molecule has 2 aromatic carbocycles. The number of hydrogen-bond acceptors (Lipinski definition) is 4. The minimum absolute atomic E-state index is 0.245. The van der Waals surface area contributed by atoms with E-state index >= 15 is 0 Å². The van der Waals surface area contributed by atoms with Crippen molar-refractivity contribution in [3.63, 3.8) is 0 Å². The Hall–Kier alpha value is -2.57. The summed E-state index contributed by atoms with van der Waals surface area (Å²) in [5.74, 6) is -0.482. The van der Waals surface area contributed by atoms with Gasteiger partial charge in [0.25, 0.3) is 11.8 Å². The first-order valence-corrected chi connectivity index (χ1v) is 7.52. The van der Waals surface area contributed by atoms with E-state index in [4.69, 9.17) is 21.1 Å². The van der Waals surface area contributed by atoms with Crippen LogP contribution in [0, 0.1) is 0 Å². The van der Waals surface area contributed by atoms with Crippen LogP contribution in [-0.2, 0) is 14.3 Å². The van der Waals surface area contributed by atoms with Crippen LogP contribution in [0.4, 0.5) is 0 Å². The molecule has 2 aromatic rings. The van der Waals surface area contributed by atoms with Crippen molar-refractivity contribution in [1.82, 2.24) is 10.9 Å². The molecule has 7 heteroatoms. The highest BCUT2D eigenvalue weighted by Crippen LogP contribution is 2.16. The third kappa shape index (κ3) is 5.26. The van der Waals surface area contributed by atoms with E-state index in [1.807, 2.05) is 6.07 Å². The van der Waals surface area contributed by atoms with E-state index in [1.54, 1.807) is 48.5 Å². The van der Waals surface area contributed by atoms with E-state index in [1.165, 1.54) is 7.11 Å². The van der Waals surface area contributed by atoms with Gasteiger partial charge in [0, 0.05) is 12.1 Å². The maximum absolute atomic E-state index is 12.1. The van der Waals surface area contributed by atoms with Crippen molar-refractivity contribution in [3.05, 3.63) is 65.2 Å². The zero-order valence-corrected chi connectivity index (χ0v) is 13.7. The maximum atomic E-state index is 12.1. The first kappa shape index (κ1) is 17.8. The van der Waals surface area contributed by atoms with Crippen LogP contribution in [-0.4, -0.2) is 25.5 Å². The van der Waals surface area contributed by atoms with Crippen LogP contribution < -0.4 is 15.6 Å². The van der Waals surface area contributed by atoms with Gasteiger partial charge in [-0.05, 0) is 29.8 Å². The molecule has 0 fully saturated rings. The summed E-state index contributed by atoms with van der Waals surface area (Å²) in [6.45, 7) is -0.245. The molecule has 1 unspecified atom stereocenters. The maximum Gasteiger partial charge on any atom is 0.276 e. The summed E-state index contributed by atoms with van der Waals surface area (Å²) >= 11 is 5.76. The molecule has 0 aliphatic heterocycles.